The Kier molecular flexibility index (Phi) is 5.15. The van der Waals surface area contributed by atoms with Crippen LogP contribution in [0.2, 0.25) is 0 Å². The van der Waals surface area contributed by atoms with Crippen LogP contribution in [-0.2, 0) is 37.6 Å². The van der Waals surface area contributed by atoms with Crippen molar-refractivity contribution in [1.29, 1.82) is 0 Å². The Labute approximate surface area is 178 Å². The summed E-state index contributed by atoms with van der Waals surface area (Å²) in [6.07, 6.45) is 0.0959. The smallest absolute Gasteiger partial charge is 0.323 e. The van der Waals surface area contributed by atoms with E-state index in [0.29, 0.717) is 16.5 Å². The fraction of sp³-hybridized carbons (Fsp3) is 0.250. The third kappa shape index (κ3) is 3.62. The number of carboxylic acids is 1. The van der Waals surface area contributed by atoms with E-state index in [1.165, 1.54) is 11.6 Å². The molecule has 0 aliphatic carbocycles. The first-order valence-corrected chi connectivity index (χ1v) is 12.4. The SMILES string of the molecule is CN([C@H]1Cc2c(n(CC(=O)O)c3ccccc23)S(=O)(=O)C1)S(=O)(=O)c1ccc(F)cc1. The van der Waals surface area contributed by atoms with Crippen LogP contribution in [0.5, 0.6) is 0 Å². The first-order valence-electron chi connectivity index (χ1n) is 9.30. The topological polar surface area (TPSA) is 114 Å². The monoisotopic (exact) mass is 466 g/mol. The van der Waals surface area contributed by atoms with Gasteiger partial charge in [0.15, 0.2) is 9.84 Å². The first-order chi connectivity index (χ1) is 14.5. The molecule has 1 aliphatic heterocycles. The van der Waals surface area contributed by atoms with Crippen LogP contribution in [0.3, 0.4) is 0 Å². The number of benzene rings is 2. The molecule has 1 aromatic heterocycles. The Morgan fingerprint density at radius 3 is 2.48 bits per heavy atom. The maximum Gasteiger partial charge on any atom is 0.323 e. The van der Waals surface area contributed by atoms with Crippen LogP contribution < -0.4 is 0 Å². The second-order valence-electron chi connectivity index (χ2n) is 7.40. The zero-order chi connectivity index (χ0) is 22.6. The molecule has 0 saturated carbocycles. The van der Waals surface area contributed by atoms with Crippen molar-refractivity contribution >= 4 is 36.7 Å². The van der Waals surface area contributed by atoms with Gasteiger partial charge in [0.05, 0.1) is 10.6 Å². The summed E-state index contributed by atoms with van der Waals surface area (Å²) in [6, 6.07) is 10.1. The number of carboxylic acid groups (broad SMARTS) is 1. The average Bonchev–Trinajstić information content (AvgIpc) is 3.01. The molecule has 1 N–H and O–H groups in total. The number of carbonyl (C=O) groups is 1. The number of halogens is 1. The molecule has 3 aromatic rings. The predicted molar refractivity (Wildman–Crippen MR) is 110 cm³/mol. The molecule has 2 aromatic carbocycles. The van der Waals surface area contributed by atoms with Crippen LogP contribution in [0.1, 0.15) is 5.56 Å². The van der Waals surface area contributed by atoms with Crippen molar-refractivity contribution in [3.8, 4) is 0 Å². The first kappa shape index (κ1) is 21.5. The summed E-state index contributed by atoms with van der Waals surface area (Å²) in [5.41, 5.74) is 0.859. The molecule has 0 saturated heterocycles. The van der Waals surface area contributed by atoms with Crippen LogP contribution in [-0.4, -0.2) is 55.6 Å². The number of aliphatic carboxylic acids is 1. The van der Waals surface area contributed by atoms with Gasteiger partial charge in [-0.25, -0.2) is 21.2 Å². The molecule has 4 rings (SSSR count). The standard InChI is InChI=1S/C20H19FN2O6S2/c1-22(31(28,29)15-8-6-13(21)7-9-15)14-10-17-16-4-2-3-5-18(16)23(11-19(24)25)20(17)30(26,27)12-14/h2-9,14H,10-12H2,1H3,(H,24,25)/t14-/m0/s1. The van der Waals surface area contributed by atoms with Gasteiger partial charge in [-0.05, 0) is 42.3 Å². The summed E-state index contributed by atoms with van der Waals surface area (Å²) in [7, 11) is -6.77. The quantitative estimate of drug-likeness (QED) is 0.614. The van der Waals surface area contributed by atoms with Crippen molar-refractivity contribution in [3.05, 3.63) is 59.9 Å². The van der Waals surface area contributed by atoms with Crippen LogP contribution >= 0.6 is 0 Å². The van der Waals surface area contributed by atoms with E-state index in [4.69, 9.17) is 0 Å². The van der Waals surface area contributed by atoms with E-state index in [1.54, 1.807) is 24.3 Å². The van der Waals surface area contributed by atoms with Crippen molar-refractivity contribution in [2.75, 3.05) is 12.8 Å². The number of aromatic nitrogens is 1. The maximum atomic E-state index is 13.2. The summed E-state index contributed by atoms with van der Waals surface area (Å²) in [4.78, 5) is 11.2. The van der Waals surface area contributed by atoms with Gasteiger partial charge in [-0.15, -0.1) is 0 Å². The summed E-state index contributed by atoms with van der Waals surface area (Å²) in [6.45, 7) is -0.524. The minimum atomic E-state index is -4.07. The second kappa shape index (κ2) is 7.43. The zero-order valence-corrected chi connectivity index (χ0v) is 18.0. The van der Waals surface area contributed by atoms with E-state index in [2.05, 4.69) is 0 Å². The molecule has 1 atom stereocenters. The van der Waals surface area contributed by atoms with Crippen molar-refractivity contribution < 1.29 is 31.1 Å². The van der Waals surface area contributed by atoms with Gasteiger partial charge >= 0.3 is 5.97 Å². The number of likely N-dealkylation sites (N-methyl/N-ethyl adjacent to an activating group) is 1. The number of fused-ring (bicyclic) bond motifs is 3. The number of sulfonamides is 1. The molecule has 0 bridgehead atoms. The largest absolute Gasteiger partial charge is 0.480 e. The van der Waals surface area contributed by atoms with E-state index in [0.717, 1.165) is 28.6 Å². The second-order valence-corrected chi connectivity index (χ2v) is 11.3. The Bertz CT molecular complexity index is 1400. The highest BCUT2D eigenvalue weighted by Crippen LogP contribution is 2.36. The molecule has 0 radical (unpaired) electrons. The van der Waals surface area contributed by atoms with E-state index in [-0.39, 0.29) is 16.3 Å². The summed E-state index contributed by atoms with van der Waals surface area (Å²) < 4.78 is 67.8. The summed E-state index contributed by atoms with van der Waals surface area (Å²) in [5.74, 6) is -2.26. The zero-order valence-electron chi connectivity index (χ0n) is 16.4. The Morgan fingerprint density at radius 2 is 1.84 bits per heavy atom. The van der Waals surface area contributed by atoms with Crippen molar-refractivity contribution in [1.82, 2.24) is 8.87 Å². The highest BCUT2D eigenvalue weighted by molar-refractivity contribution is 7.91. The van der Waals surface area contributed by atoms with Crippen molar-refractivity contribution in [2.45, 2.75) is 28.9 Å². The molecule has 31 heavy (non-hydrogen) atoms. The number of rotatable bonds is 5. The van der Waals surface area contributed by atoms with Crippen LogP contribution in [0.25, 0.3) is 10.9 Å². The Hall–Kier alpha value is -2.76. The molecule has 1 aliphatic rings. The number of sulfone groups is 1. The lowest BCUT2D eigenvalue weighted by atomic mass is 10.1. The van der Waals surface area contributed by atoms with Gasteiger partial charge in [0.2, 0.25) is 10.0 Å². The third-order valence-electron chi connectivity index (χ3n) is 5.47. The summed E-state index contributed by atoms with van der Waals surface area (Å²) in [5, 5.41) is 9.76. The lowest BCUT2D eigenvalue weighted by Crippen LogP contribution is -2.45. The highest BCUT2D eigenvalue weighted by Gasteiger charge is 2.40. The summed E-state index contributed by atoms with van der Waals surface area (Å²) >= 11 is 0. The fourth-order valence-electron chi connectivity index (χ4n) is 4.03. The minimum absolute atomic E-state index is 0.0834. The molecular formula is C20H19FN2O6S2. The van der Waals surface area contributed by atoms with Crippen LogP contribution in [0, 0.1) is 5.82 Å². The van der Waals surface area contributed by atoms with E-state index in [9.17, 15) is 31.1 Å². The van der Waals surface area contributed by atoms with Gasteiger partial charge in [-0.1, -0.05) is 18.2 Å². The average molecular weight is 467 g/mol. The fourth-order valence-corrected chi connectivity index (χ4v) is 7.55. The van der Waals surface area contributed by atoms with E-state index >= 15 is 0 Å². The van der Waals surface area contributed by atoms with Gasteiger partial charge in [0.25, 0.3) is 0 Å². The molecular weight excluding hydrogens is 447 g/mol. The minimum Gasteiger partial charge on any atom is -0.480 e. The predicted octanol–water partition coefficient (Wildman–Crippen LogP) is 1.88. The lowest BCUT2D eigenvalue weighted by molar-refractivity contribution is -0.137. The van der Waals surface area contributed by atoms with Crippen molar-refractivity contribution in [2.24, 2.45) is 0 Å². The number of hydrogen-bond acceptors (Lipinski definition) is 5. The third-order valence-corrected chi connectivity index (χ3v) is 9.27. The Morgan fingerprint density at radius 1 is 1.19 bits per heavy atom. The highest BCUT2D eigenvalue weighted by atomic mass is 32.2. The molecule has 0 unspecified atom stereocenters. The van der Waals surface area contributed by atoms with E-state index < -0.39 is 50.0 Å². The molecule has 0 spiro atoms. The van der Waals surface area contributed by atoms with Gasteiger partial charge < -0.3 is 9.67 Å². The molecule has 2 heterocycles. The van der Waals surface area contributed by atoms with Gasteiger partial charge in [0, 0.05) is 24.0 Å². The number of hydrogen-bond donors (Lipinski definition) is 1. The molecule has 8 nitrogen and oxygen atoms in total. The Balaban J connectivity index is 1.82. The van der Waals surface area contributed by atoms with Crippen molar-refractivity contribution in [3.63, 3.8) is 0 Å². The lowest BCUT2D eigenvalue weighted by Gasteiger charge is -2.31. The number of nitrogens with zero attached hydrogens (tertiary/aromatic N) is 2. The van der Waals surface area contributed by atoms with Crippen LogP contribution in [0.15, 0.2) is 58.5 Å². The van der Waals surface area contributed by atoms with Gasteiger partial charge in [-0.2, -0.15) is 4.31 Å². The van der Waals surface area contributed by atoms with Gasteiger partial charge in [0.1, 0.15) is 17.4 Å². The molecule has 164 valence electrons. The molecule has 11 heteroatoms. The molecule has 0 amide bonds. The maximum absolute atomic E-state index is 13.2. The van der Waals surface area contributed by atoms with Crippen LogP contribution in [0.4, 0.5) is 4.39 Å². The van der Waals surface area contributed by atoms with E-state index in [1.807, 2.05) is 0 Å². The normalized spacial score (nSPS) is 18.2. The van der Waals surface area contributed by atoms with Gasteiger partial charge in [-0.3, -0.25) is 4.79 Å². The number of para-hydroxylation sites is 1. The molecule has 0 fully saturated rings.